The standard InChI is InChI=1S/C38H43N5O4/c1-37(2,3)46-35(44)40-25-32-31(24-39)33(43-20-18-42(19-21-43)29-14-8-7-9-15-29)23-30(34(32)41-36(45)47-38(4,5)6)28-17-16-26-12-10-11-13-27(26)22-28/h7-17,22-23H,18-21,25H2,1-6H3,(H,40,44)(H,41,45). The normalized spacial score (nSPS) is 13.6. The van der Waals surface area contributed by atoms with Crippen LogP contribution >= 0.6 is 0 Å². The smallest absolute Gasteiger partial charge is 0.412 e. The fourth-order valence-electron chi connectivity index (χ4n) is 5.73. The lowest BCUT2D eigenvalue weighted by Gasteiger charge is -2.38. The zero-order valence-electron chi connectivity index (χ0n) is 28.0. The van der Waals surface area contributed by atoms with E-state index in [4.69, 9.17) is 9.47 Å². The van der Waals surface area contributed by atoms with Crippen LogP contribution < -0.4 is 20.4 Å². The molecule has 0 radical (unpaired) electrons. The summed E-state index contributed by atoms with van der Waals surface area (Å²) in [5.41, 5.74) is 3.22. The maximum Gasteiger partial charge on any atom is 0.412 e. The van der Waals surface area contributed by atoms with Gasteiger partial charge in [0.1, 0.15) is 17.3 Å². The van der Waals surface area contributed by atoms with E-state index in [1.807, 2.05) is 60.7 Å². The molecule has 5 rings (SSSR count). The summed E-state index contributed by atoms with van der Waals surface area (Å²) in [5, 5.41) is 18.6. The van der Waals surface area contributed by atoms with E-state index in [0.29, 0.717) is 35.5 Å². The number of carbonyl (C=O) groups excluding carboxylic acids is 2. The molecule has 0 aliphatic carbocycles. The molecule has 4 aromatic carbocycles. The van der Waals surface area contributed by atoms with Crippen LogP contribution in [0.1, 0.15) is 52.7 Å². The van der Waals surface area contributed by atoms with E-state index in [9.17, 15) is 14.9 Å². The lowest BCUT2D eigenvalue weighted by Crippen LogP contribution is -2.47. The van der Waals surface area contributed by atoms with Crippen LogP contribution in [-0.4, -0.2) is 49.6 Å². The predicted octanol–water partition coefficient (Wildman–Crippen LogP) is 8.08. The number of amides is 2. The summed E-state index contributed by atoms with van der Waals surface area (Å²) < 4.78 is 11.2. The van der Waals surface area contributed by atoms with Crippen molar-refractivity contribution >= 4 is 40.0 Å². The van der Waals surface area contributed by atoms with Gasteiger partial charge in [0.15, 0.2) is 0 Å². The molecule has 0 unspecified atom stereocenters. The summed E-state index contributed by atoms with van der Waals surface area (Å²) in [5.74, 6) is 0. The minimum Gasteiger partial charge on any atom is -0.444 e. The van der Waals surface area contributed by atoms with Gasteiger partial charge in [-0.15, -0.1) is 0 Å². The van der Waals surface area contributed by atoms with Crippen molar-refractivity contribution in [3.63, 3.8) is 0 Å². The Labute approximate surface area is 277 Å². The highest BCUT2D eigenvalue weighted by molar-refractivity contribution is 5.98. The largest absolute Gasteiger partial charge is 0.444 e. The Balaban J connectivity index is 1.64. The quantitative estimate of drug-likeness (QED) is 0.221. The van der Waals surface area contributed by atoms with Crippen LogP contribution in [-0.2, 0) is 16.0 Å². The molecule has 0 bridgehead atoms. The van der Waals surface area contributed by atoms with Gasteiger partial charge in [0.05, 0.1) is 16.9 Å². The van der Waals surface area contributed by atoms with Gasteiger partial charge in [0.2, 0.25) is 0 Å². The maximum atomic E-state index is 13.3. The molecule has 0 saturated carbocycles. The summed E-state index contributed by atoms with van der Waals surface area (Å²) >= 11 is 0. The highest BCUT2D eigenvalue weighted by atomic mass is 16.6. The first-order valence-corrected chi connectivity index (χ1v) is 15.9. The molecule has 0 atom stereocenters. The Hall–Kier alpha value is -5.23. The molecule has 1 heterocycles. The Kier molecular flexibility index (Phi) is 9.61. The van der Waals surface area contributed by atoms with Gasteiger partial charge >= 0.3 is 12.2 Å². The first kappa shape index (κ1) is 33.1. The van der Waals surface area contributed by atoms with E-state index in [0.717, 1.165) is 40.8 Å². The topological polar surface area (TPSA) is 107 Å². The number of carbonyl (C=O) groups is 2. The van der Waals surface area contributed by atoms with Crippen LogP contribution in [0.5, 0.6) is 0 Å². The van der Waals surface area contributed by atoms with Crippen molar-refractivity contribution in [2.24, 2.45) is 0 Å². The maximum absolute atomic E-state index is 13.3. The fraction of sp³-hybridized carbons (Fsp3) is 0.342. The predicted molar refractivity (Wildman–Crippen MR) is 188 cm³/mol. The van der Waals surface area contributed by atoms with E-state index >= 15 is 0 Å². The molecule has 2 N–H and O–H groups in total. The van der Waals surface area contributed by atoms with Crippen LogP contribution in [0, 0.1) is 11.3 Å². The average Bonchev–Trinajstić information content (AvgIpc) is 3.02. The van der Waals surface area contributed by atoms with E-state index in [-0.39, 0.29) is 6.54 Å². The fourth-order valence-corrected chi connectivity index (χ4v) is 5.73. The van der Waals surface area contributed by atoms with Crippen molar-refractivity contribution in [1.29, 1.82) is 5.26 Å². The molecule has 1 aliphatic rings. The average molecular weight is 634 g/mol. The Morgan fingerprint density at radius 2 is 1.36 bits per heavy atom. The lowest BCUT2D eigenvalue weighted by atomic mass is 9.92. The van der Waals surface area contributed by atoms with Crippen LogP contribution in [0.25, 0.3) is 21.9 Å². The number of hydrogen-bond acceptors (Lipinski definition) is 7. The number of hydrogen-bond donors (Lipinski definition) is 2. The minimum absolute atomic E-state index is 0.0542. The number of alkyl carbamates (subject to hydrolysis) is 1. The molecule has 0 aromatic heterocycles. The summed E-state index contributed by atoms with van der Waals surface area (Å²) in [6.07, 6.45) is -1.29. The number of ether oxygens (including phenoxy) is 2. The highest BCUT2D eigenvalue weighted by Crippen LogP contribution is 2.41. The third-order valence-electron chi connectivity index (χ3n) is 7.76. The number of fused-ring (bicyclic) bond motifs is 1. The zero-order valence-corrected chi connectivity index (χ0v) is 28.0. The summed E-state index contributed by atoms with van der Waals surface area (Å²) in [6, 6.07) is 28.8. The Morgan fingerprint density at radius 1 is 0.766 bits per heavy atom. The number of nitrogens with one attached hydrogen (secondary N) is 2. The second kappa shape index (κ2) is 13.6. The van der Waals surface area contributed by atoms with Gasteiger partial charge < -0.3 is 24.6 Å². The molecular formula is C38H43N5O4. The van der Waals surface area contributed by atoms with E-state index in [2.05, 4.69) is 44.7 Å². The second-order valence-electron chi connectivity index (χ2n) is 13.6. The van der Waals surface area contributed by atoms with Gasteiger partial charge in [-0.05, 0) is 82.1 Å². The molecule has 47 heavy (non-hydrogen) atoms. The number of nitriles is 1. The van der Waals surface area contributed by atoms with Crippen LogP contribution in [0.4, 0.5) is 26.7 Å². The lowest BCUT2D eigenvalue weighted by molar-refractivity contribution is 0.0523. The summed E-state index contributed by atoms with van der Waals surface area (Å²) in [4.78, 5) is 30.7. The molecule has 4 aromatic rings. The van der Waals surface area contributed by atoms with Crippen molar-refractivity contribution in [2.45, 2.75) is 59.3 Å². The summed E-state index contributed by atoms with van der Waals surface area (Å²) in [6.45, 7) is 13.6. The molecular weight excluding hydrogens is 590 g/mol. The number of anilines is 3. The third kappa shape index (κ3) is 8.33. The number of nitrogens with zero attached hydrogens (tertiary/aromatic N) is 3. The SMILES string of the molecule is CC(C)(C)OC(=O)NCc1c(C#N)c(N2CCN(c3ccccc3)CC2)cc(-c2ccc3ccccc3c2)c1NC(=O)OC(C)(C)C. The third-order valence-corrected chi connectivity index (χ3v) is 7.76. The highest BCUT2D eigenvalue weighted by Gasteiger charge is 2.28. The van der Waals surface area contributed by atoms with Crippen molar-refractivity contribution in [1.82, 2.24) is 5.32 Å². The minimum atomic E-state index is -0.751. The number of benzene rings is 4. The van der Waals surface area contributed by atoms with Gasteiger partial charge in [0.25, 0.3) is 0 Å². The van der Waals surface area contributed by atoms with Gasteiger partial charge in [-0.2, -0.15) is 5.26 Å². The first-order chi connectivity index (χ1) is 22.3. The Bertz CT molecular complexity index is 1790. The van der Waals surface area contributed by atoms with Gasteiger partial charge in [-0.3, -0.25) is 5.32 Å². The Morgan fingerprint density at radius 3 is 2.00 bits per heavy atom. The van der Waals surface area contributed by atoms with Crippen molar-refractivity contribution in [3.8, 4) is 17.2 Å². The van der Waals surface area contributed by atoms with Gasteiger partial charge in [-0.1, -0.05) is 54.6 Å². The number of para-hydroxylation sites is 1. The molecule has 9 heteroatoms. The zero-order chi connectivity index (χ0) is 33.8. The van der Waals surface area contributed by atoms with Crippen molar-refractivity contribution in [2.75, 3.05) is 41.3 Å². The molecule has 1 aliphatic heterocycles. The molecule has 1 saturated heterocycles. The van der Waals surface area contributed by atoms with Crippen molar-refractivity contribution in [3.05, 3.63) is 90.0 Å². The molecule has 2 amide bonds. The number of piperazine rings is 1. The second-order valence-corrected chi connectivity index (χ2v) is 13.6. The first-order valence-electron chi connectivity index (χ1n) is 15.9. The molecule has 244 valence electrons. The van der Waals surface area contributed by atoms with E-state index in [1.165, 1.54) is 0 Å². The van der Waals surface area contributed by atoms with E-state index in [1.54, 1.807) is 41.5 Å². The van der Waals surface area contributed by atoms with Crippen LogP contribution in [0.15, 0.2) is 78.9 Å². The summed E-state index contributed by atoms with van der Waals surface area (Å²) in [7, 11) is 0. The van der Waals surface area contributed by atoms with Crippen molar-refractivity contribution < 1.29 is 19.1 Å². The van der Waals surface area contributed by atoms with Gasteiger partial charge in [0, 0.05) is 49.5 Å². The van der Waals surface area contributed by atoms with Crippen LogP contribution in [0.3, 0.4) is 0 Å². The van der Waals surface area contributed by atoms with E-state index < -0.39 is 23.4 Å². The van der Waals surface area contributed by atoms with Crippen LogP contribution in [0.2, 0.25) is 0 Å². The monoisotopic (exact) mass is 633 g/mol. The number of rotatable bonds is 6. The van der Waals surface area contributed by atoms with Gasteiger partial charge in [-0.25, -0.2) is 9.59 Å². The molecule has 1 fully saturated rings. The molecule has 0 spiro atoms. The molecule has 9 nitrogen and oxygen atoms in total.